The molecule has 15 heavy (non-hydrogen) atoms. The molecule has 0 amide bonds. The summed E-state index contributed by atoms with van der Waals surface area (Å²) in [6, 6.07) is 7.89. The van der Waals surface area contributed by atoms with E-state index in [1.807, 2.05) is 24.3 Å². The average Bonchev–Trinajstić information content (AvgIpc) is 2.19. The van der Waals surface area contributed by atoms with Gasteiger partial charge in [0.25, 0.3) is 0 Å². The maximum absolute atomic E-state index is 10.4. The van der Waals surface area contributed by atoms with Crippen LogP contribution in [0.15, 0.2) is 49.6 Å². The van der Waals surface area contributed by atoms with Gasteiger partial charge in [-0.25, -0.2) is 0 Å². The largest absolute Gasteiger partial charge is 0.385 e. The van der Waals surface area contributed by atoms with Gasteiger partial charge in [0.05, 0.1) is 5.60 Å². The first-order chi connectivity index (χ1) is 7.12. The summed E-state index contributed by atoms with van der Waals surface area (Å²) < 4.78 is 1.16. The first-order valence-corrected chi connectivity index (χ1v) is 5.90. The van der Waals surface area contributed by atoms with Crippen LogP contribution >= 0.6 is 22.6 Å². The van der Waals surface area contributed by atoms with Gasteiger partial charge in [0.1, 0.15) is 0 Å². The summed E-state index contributed by atoms with van der Waals surface area (Å²) in [5.74, 6) is 0. The van der Waals surface area contributed by atoms with Crippen molar-refractivity contribution in [3.63, 3.8) is 0 Å². The van der Waals surface area contributed by atoms with Gasteiger partial charge < -0.3 is 5.11 Å². The summed E-state index contributed by atoms with van der Waals surface area (Å²) in [6.07, 6.45) is 4.56. The summed E-state index contributed by atoms with van der Waals surface area (Å²) in [6.45, 7) is 7.35. The van der Waals surface area contributed by atoms with E-state index in [9.17, 15) is 5.11 Å². The van der Waals surface area contributed by atoms with Gasteiger partial charge in [-0.1, -0.05) is 24.3 Å². The molecular weight excluding hydrogens is 299 g/mol. The van der Waals surface area contributed by atoms with E-state index in [1.54, 1.807) is 12.2 Å². The SMILES string of the molecule is C=CCC(O)(CC=C)c1ccc(I)cc1. The molecule has 0 heterocycles. The molecule has 1 aromatic rings. The van der Waals surface area contributed by atoms with E-state index in [0.717, 1.165) is 9.13 Å². The fraction of sp³-hybridized carbons (Fsp3) is 0.231. The molecule has 0 unspecified atom stereocenters. The van der Waals surface area contributed by atoms with Crippen molar-refractivity contribution in [2.24, 2.45) is 0 Å². The van der Waals surface area contributed by atoms with Crippen LogP contribution in [0.2, 0.25) is 0 Å². The molecule has 0 fully saturated rings. The minimum atomic E-state index is -0.853. The molecule has 0 aliphatic heterocycles. The zero-order valence-electron chi connectivity index (χ0n) is 8.62. The molecule has 2 heteroatoms. The van der Waals surface area contributed by atoms with Crippen LogP contribution in [-0.2, 0) is 5.60 Å². The summed E-state index contributed by atoms with van der Waals surface area (Å²) in [7, 11) is 0. The third kappa shape index (κ3) is 3.18. The second-order valence-corrected chi connectivity index (χ2v) is 4.77. The standard InChI is InChI=1S/C13H15IO/c1-3-9-13(15,10-4-2)11-5-7-12(14)8-6-11/h3-8,15H,1-2,9-10H2. The quantitative estimate of drug-likeness (QED) is 0.650. The second-order valence-electron chi connectivity index (χ2n) is 3.52. The van der Waals surface area contributed by atoms with Crippen LogP contribution < -0.4 is 0 Å². The Morgan fingerprint density at radius 2 is 1.60 bits per heavy atom. The minimum Gasteiger partial charge on any atom is -0.385 e. The monoisotopic (exact) mass is 314 g/mol. The highest BCUT2D eigenvalue weighted by Crippen LogP contribution is 2.29. The molecule has 0 saturated carbocycles. The molecule has 1 rings (SSSR count). The normalized spacial score (nSPS) is 11.1. The lowest BCUT2D eigenvalue weighted by Gasteiger charge is -2.26. The highest BCUT2D eigenvalue weighted by Gasteiger charge is 2.25. The molecule has 1 aromatic carbocycles. The molecule has 1 nitrogen and oxygen atoms in total. The van der Waals surface area contributed by atoms with Crippen LogP contribution in [0.4, 0.5) is 0 Å². The Balaban J connectivity index is 3.02. The predicted molar refractivity (Wildman–Crippen MR) is 72.7 cm³/mol. The number of benzene rings is 1. The molecule has 0 aromatic heterocycles. The molecule has 1 N–H and O–H groups in total. The van der Waals surface area contributed by atoms with E-state index in [2.05, 4.69) is 35.7 Å². The molecule has 0 spiro atoms. The van der Waals surface area contributed by atoms with Gasteiger partial charge in [0.2, 0.25) is 0 Å². The molecule has 0 aliphatic carbocycles. The van der Waals surface area contributed by atoms with Crippen molar-refractivity contribution in [1.82, 2.24) is 0 Å². The first kappa shape index (κ1) is 12.5. The van der Waals surface area contributed by atoms with Crippen molar-refractivity contribution in [1.29, 1.82) is 0 Å². The number of aliphatic hydroxyl groups is 1. The number of halogens is 1. The second kappa shape index (κ2) is 5.47. The van der Waals surface area contributed by atoms with Crippen LogP contribution in [0.3, 0.4) is 0 Å². The molecule has 0 saturated heterocycles. The Kier molecular flexibility index (Phi) is 4.54. The predicted octanol–water partition coefficient (Wildman–Crippen LogP) is 3.63. The van der Waals surface area contributed by atoms with Crippen LogP contribution in [0.1, 0.15) is 18.4 Å². The summed E-state index contributed by atoms with van der Waals surface area (Å²) >= 11 is 2.25. The Morgan fingerprint density at radius 1 is 1.13 bits per heavy atom. The highest BCUT2D eigenvalue weighted by atomic mass is 127. The summed E-state index contributed by atoms with van der Waals surface area (Å²) in [5.41, 5.74) is 0.0658. The maximum atomic E-state index is 10.4. The van der Waals surface area contributed by atoms with Gasteiger partial charge in [0.15, 0.2) is 0 Å². The Hall–Kier alpha value is -0.610. The smallest absolute Gasteiger partial charge is 0.0964 e. The Morgan fingerprint density at radius 3 is 2.00 bits per heavy atom. The van der Waals surface area contributed by atoms with Gasteiger partial charge >= 0.3 is 0 Å². The van der Waals surface area contributed by atoms with Gasteiger partial charge in [-0.15, -0.1) is 13.2 Å². The number of rotatable bonds is 5. The molecular formula is C13H15IO. The van der Waals surface area contributed by atoms with Crippen LogP contribution in [0.25, 0.3) is 0 Å². The lowest BCUT2D eigenvalue weighted by Crippen LogP contribution is -2.24. The Bertz CT molecular complexity index is 330. The van der Waals surface area contributed by atoms with E-state index >= 15 is 0 Å². The fourth-order valence-electron chi connectivity index (χ4n) is 1.56. The zero-order valence-corrected chi connectivity index (χ0v) is 10.8. The van der Waals surface area contributed by atoms with Crippen molar-refractivity contribution >= 4 is 22.6 Å². The van der Waals surface area contributed by atoms with Gasteiger partial charge in [-0.05, 0) is 53.1 Å². The average molecular weight is 314 g/mol. The topological polar surface area (TPSA) is 20.2 Å². The fourth-order valence-corrected chi connectivity index (χ4v) is 1.92. The lowest BCUT2D eigenvalue weighted by atomic mass is 9.87. The van der Waals surface area contributed by atoms with Gasteiger partial charge in [-0.3, -0.25) is 0 Å². The summed E-state index contributed by atoms with van der Waals surface area (Å²) in [5, 5.41) is 10.4. The zero-order chi connectivity index (χ0) is 11.3. The van der Waals surface area contributed by atoms with Crippen molar-refractivity contribution in [2.45, 2.75) is 18.4 Å². The third-order valence-corrected chi connectivity index (χ3v) is 3.06. The molecule has 0 bridgehead atoms. The molecule has 80 valence electrons. The number of hydrogen-bond acceptors (Lipinski definition) is 1. The molecule has 0 atom stereocenters. The van der Waals surface area contributed by atoms with E-state index < -0.39 is 5.60 Å². The molecule has 0 radical (unpaired) electrons. The van der Waals surface area contributed by atoms with E-state index in [-0.39, 0.29) is 0 Å². The van der Waals surface area contributed by atoms with Gasteiger partial charge in [0, 0.05) is 3.57 Å². The summed E-state index contributed by atoms with van der Waals surface area (Å²) in [4.78, 5) is 0. The minimum absolute atomic E-state index is 0.541. The Labute approximate surface area is 105 Å². The van der Waals surface area contributed by atoms with Crippen molar-refractivity contribution < 1.29 is 5.11 Å². The molecule has 0 aliphatic rings. The number of hydrogen-bond donors (Lipinski definition) is 1. The lowest BCUT2D eigenvalue weighted by molar-refractivity contribution is 0.0430. The van der Waals surface area contributed by atoms with Crippen LogP contribution in [0.5, 0.6) is 0 Å². The van der Waals surface area contributed by atoms with E-state index in [1.165, 1.54) is 0 Å². The van der Waals surface area contributed by atoms with Crippen LogP contribution in [0, 0.1) is 3.57 Å². The maximum Gasteiger partial charge on any atom is 0.0964 e. The van der Waals surface area contributed by atoms with E-state index in [4.69, 9.17) is 0 Å². The van der Waals surface area contributed by atoms with Crippen molar-refractivity contribution in [2.75, 3.05) is 0 Å². The van der Waals surface area contributed by atoms with Crippen LogP contribution in [-0.4, -0.2) is 5.11 Å². The van der Waals surface area contributed by atoms with Crippen molar-refractivity contribution in [3.05, 3.63) is 58.7 Å². The first-order valence-electron chi connectivity index (χ1n) is 4.82. The van der Waals surface area contributed by atoms with Crippen molar-refractivity contribution in [3.8, 4) is 0 Å². The highest BCUT2D eigenvalue weighted by molar-refractivity contribution is 14.1. The van der Waals surface area contributed by atoms with Gasteiger partial charge in [-0.2, -0.15) is 0 Å². The third-order valence-electron chi connectivity index (χ3n) is 2.35. The van der Waals surface area contributed by atoms with E-state index in [0.29, 0.717) is 12.8 Å².